The van der Waals surface area contributed by atoms with Gasteiger partial charge in [-0.3, -0.25) is 9.59 Å². The van der Waals surface area contributed by atoms with Crippen molar-refractivity contribution in [1.29, 1.82) is 0 Å². The second kappa shape index (κ2) is 9.53. The third kappa shape index (κ3) is 4.81. The number of methoxy groups -OCH3 is 1. The maximum absolute atomic E-state index is 13.0. The minimum absolute atomic E-state index is 0. The first-order valence-corrected chi connectivity index (χ1v) is 9.47. The fourth-order valence-corrected chi connectivity index (χ4v) is 3.94. The van der Waals surface area contributed by atoms with Crippen LogP contribution in [0.15, 0.2) is 24.3 Å². The molecule has 0 unspecified atom stereocenters. The lowest BCUT2D eigenvalue weighted by molar-refractivity contribution is -0.159. The van der Waals surface area contributed by atoms with Gasteiger partial charge in [-0.1, -0.05) is 18.2 Å². The van der Waals surface area contributed by atoms with Crippen LogP contribution in [0.4, 0.5) is 0 Å². The summed E-state index contributed by atoms with van der Waals surface area (Å²) >= 11 is 0. The van der Waals surface area contributed by atoms with E-state index in [1.54, 1.807) is 7.11 Å². The molecule has 0 saturated carbocycles. The molecule has 0 aromatic heterocycles. The smallest absolute Gasteiger partial charge is 0.254 e. The highest BCUT2D eigenvalue weighted by Gasteiger charge is 2.43. The van der Waals surface area contributed by atoms with Crippen LogP contribution >= 0.6 is 12.4 Å². The fraction of sp³-hybridized carbons (Fsp3) is 0.600. The van der Waals surface area contributed by atoms with Gasteiger partial charge in [0.15, 0.2) is 0 Å². The van der Waals surface area contributed by atoms with Crippen molar-refractivity contribution in [1.82, 2.24) is 15.5 Å². The van der Waals surface area contributed by atoms with E-state index in [1.807, 2.05) is 36.1 Å². The number of hydrogen-bond donors (Lipinski definition) is 2. The van der Waals surface area contributed by atoms with Gasteiger partial charge in [0.1, 0.15) is 5.60 Å². The zero-order valence-corrected chi connectivity index (χ0v) is 16.9. The number of hydrogen-bond acceptors (Lipinski definition) is 4. The Labute approximate surface area is 167 Å². The zero-order valence-electron chi connectivity index (χ0n) is 16.1. The predicted molar refractivity (Wildman–Crippen MR) is 107 cm³/mol. The Morgan fingerprint density at radius 3 is 2.41 bits per heavy atom. The highest BCUT2D eigenvalue weighted by molar-refractivity contribution is 5.95. The molecule has 6 nitrogen and oxygen atoms in total. The molecule has 0 radical (unpaired) electrons. The number of nitrogens with zero attached hydrogens (tertiary/aromatic N) is 1. The van der Waals surface area contributed by atoms with Gasteiger partial charge in [-0.2, -0.15) is 0 Å². The minimum atomic E-state index is -0.678. The van der Waals surface area contributed by atoms with E-state index in [0.717, 1.165) is 37.1 Å². The molecule has 2 saturated heterocycles. The van der Waals surface area contributed by atoms with Gasteiger partial charge in [0.25, 0.3) is 11.8 Å². The largest absolute Gasteiger partial charge is 0.368 e. The highest BCUT2D eigenvalue weighted by Crippen LogP contribution is 2.27. The SMILES string of the molecule is COC1(C(=O)N2CCC(NC(=O)c3ccccc3C)CC2)CCNCC1.Cl. The van der Waals surface area contributed by atoms with Crippen molar-refractivity contribution in [2.24, 2.45) is 0 Å². The summed E-state index contributed by atoms with van der Waals surface area (Å²) in [4.78, 5) is 27.4. The number of nitrogens with one attached hydrogen (secondary N) is 2. The molecule has 0 spiro atoms. The van der Waals surface area contributed by atoms with Crippen molar-refractivity contribution in [3.63, 3.8) is 0 Å². The Kier molecular flexibility index (Phi) is 7.65. The third-order valence-electron chi connectivity index (χ3n) is 5.70. The molecule has 2 fully saturated rings. The van der Waals surface area contributed by atoms with Crippen molar-refractivity contribution < 1.29 is 14.3 Å². The molecule has 2 heterocycles. The number of carbonyl (C=O) groups excluding carboxylic acids is 2. The number of piperidine rings is 2. The van der Waals surface area contributed by atoms with Crippen molar-refractivity contribution >= 4 is 24.2 Å². The minimum Gasteiger partial charge on any atom is -0.368 e. The summed E-state index contributed by atoms with van der Waals surface area (Å²) in [7, 11) is 1.64. The molecule has 0 bridgehead atoms. The molecule has 0 atom stereocenters. The maximum Gasteiger partial charge on any atom is 0.254 e. The van der Waals surface area contributed by atoms with E-state index in [0.29, 0.717) is 25.9 Å². The zero-order chi connectivity index (χ0) is 18.6. The third-order valence-corrected chi connectivity index (χ3v) is 5.70. The normalized spacial score (nSPS) is 19.9. The van der Waals surface area contributed by atoms with Crippen LogP contribution in [0.3, 0.4) is 0 Å². The molecular weight excluding hydrogens is 366 g/mol. The van der Waals surface area contributed by atoms with E-state index in [2.05, 4.69) is 10.6 Å². The van der Waals surface area contributed by atoms with Crippen LogP contribution in [0.2, 0.25) is 0 Å². The summed E-state index contributed by atoms with van der Waals surface area (Å²) in [6.45, 7) is 4.89. The summed E-state index contributed by atoms with van der Waals surface area (Å²) in [5, 5.41) is 6.40. The standard InChI is InChI=1S/C20H29N3O3.ClH/c1-15-5-3-4-6-17(15)18(24)22-16-7-13-23(14-8-16)19(25)20(26-2)9-11-21-12-10-20;/h3-6,16,21H,7-14H2,1-2H3,(H,22,24);1H. The summed E-state index contributed by atoms with van der Waals surface area (Å²) in [5.74, 6) is 0.0739. The molecule has 1 aromatic rings. The summed E-state index contributed by atoms with van der Waals surface area (Å²) in [6.07, 6.45) is 2.99. The van der Waals surface area contributed by atoms with Gasteiger partial charge in [-0.05, 0) is 57.3 Å². The van der Waals surface area contributed by atoms with Crippen LogP contribution in [-0.4, -0.2) is 61.6 Å². The monoisotopic (exact) mass is 395 g/mol. The highest BCUT2D eigenvalue weighted by atomic mass is 35.5. The summed E-state index contributed by atoms with van der Waals surface area (Å²) in [5.41, 5.74) is 1.02. The number of likely N-dealkylation sites (tertiary alicyclic amines) is 1. The Morgan fingerprint density at radius 2 is 1.81 bits per heavy atom. The number of aryl methyl sites for hydroxylation is 1. The molecule has 3 rings (SSSR count). The molecule has 2 N–H and O–H groups in total. The Hall–Kier alpha value is -1.63. The van der Waals surface area contributed by atoms with Crippen LogP contribution in [0, 0.1) is 6.92 Å². The van der Waals surface area contributed by atoms with E-state index in [4.69, 9.17) is 4.74 Å². The van der Waals surface area contributed by atoms with Gasteiger partial charge in [0.05, 0.1) is 0 Å². The number of carbonyl (C=O) groups is 2. The van der Waals surface area contributed by atoms with Crippen LogP contribution < -0.4 is 10.6 Å². The second-order valence-electron chi connectivity index (χ2n) is 7.30. The first-order valence-electron chi connectivity index (χ1n) is 9.47. The Bertz CT molecular complexity index is 654. The van der Waals surface area contributed by atoms with Crippen LogP contribution in [0.1, 0.15) is 41.6 Å². The van der Waals surface area contributed by atoms with Crippen molar-refractivity contribution in [3.8, 4) is 0 Å². The van der Waals surface area contributed by atoms with Gasteiger partial charge < -0.3 is 20.3 Å². The molecule has 7 heteroatoms. The molecule has 1 aromatic carbocycles. The Morgan fingerprint density at radius 1 is 1.19 bits per heavy atom. The van der Waals surface area contributed by atoms with Crippen molar-refractivity contribution in [3.05, 3.63) is 35.4 Å². The first kappa shape index (κ1) is 21.7. The average Bonchev–Trinajstić information content (AvgIpc) is 2.69. The van der Waals surface area contributed by atoms with Gasteiger partial charge in [0, 0.05) is 31.8 Å². The maximum atomic E-state index is 13.0. The Balaban J connectivity index is 0.00000261. The number of amides is 2. The molecule has 0 aliphatic carbocycles. The number of halogens is 1. The van der Waals surface area contributed by atoms with E-state index in [9.17, 15) is 9.59 Å². The molecule has 2 aliphatic rings. The number of rotatable bonds is 4. The average molecular weight is 396 g/mol. The lowest BCUT2D eigenvalue weighted by Gasteiger charge is -2.41. The van der Waals surface area contributed by atoms with Gasteiger partial charge in [-0.25, -0.2) is 0 Å². The first-order chi connectivity index (χ1) is 12.6. The van der Waals surface area contributed by atoms with Crippen LogP contribution in [0.25, 0.3) is 0 Å². The van der Waals surface area contributed by atoms with Crippen molar-refractivity contribution in [2.75, 3.05) is 33.3 Å². The van der Waals surface area contributed by atoms with Crippen LogP contribution in [0.5, 0.6) is 0 Å². The quantitative estimate of drug-likeness (QED) is 0.817. The van der Waals surface area contributed by atoms with E-state index < -0.39 is 5.60 Å². The van der Waals surface area contributed by atoms with E-state index in [-0.39, 0.29) is 30.3 Å². The van der Waals surface area contributed by atoms with E-state index >= 15 is 0 Å². The van der Waals surface area contributed by atoms with Gasteiger partial charge >= 0.3 is 0 Å². The second-order valence-corrected chi connectivity index (χ2v) is 7.30. The van der Waals surface area contributed by atoms with Crippen LogP contribution in [-0.2, 0) is 9.53 Å². The van der Waals surface area contributed by atoms with Gasteiger partial charge in [-0.15, -0.1) is 12.4 Å². The number of benzene rings is 1. The summed E-state index contributed by atoms with van der Waals surface area (Å²) < 4.78 is 5.66. The number of ether oxygens (including phenoxy) is 1. The molecule has 27 heavy (non-hydrogen) atoms. The van der Waals surface area contributed by atoms with Crippen molar-refractivity contribution in [2.45, 2.75) is 44.2 Å². The van der Waals surface area contributed by atoms with Gasteiger partial charge in [0.2, 0.25) is 0 Å². The summed E-state index contributed by atoms with van der Waals surface area (Å²) in [6, 6.07) is 7.72. The molecule has 150 valence electrons. The molecular formula is C20H30ClN3O3. The topological polar surface area (TPSA) is 70.7 Å². The lowest BCUT2D eigenvalue weighted by atomic mass is 9.89. The van der Waals surface area contributed by atoms with E-state index in [1.165, 1.54) is 0 Å². The fourth-order valence-electron chi connectivity index (χ4n) is 3.94. The molecule has 2 aliphatic heterocycles. The predicted octanol–water partition coefficient (Wildman–Crippen LogP) is 1.91. The lowest BCUT2D eigenvalue weighted by Crippen LogP contribution is -2.57. The molecule has 2 amide bonds.